The van der Waals surface area contributed by atoms with Crippen molar-refractivity contribution in [3.05, 3.63) is 35.4 Å². The third-order valence-corrected chi connectivity index (χ3v) is 2.93. The second-order valence-corrected chi connectivity index (χ2v) is 4.76. The van der Waals surface area contributed by atoms with Crippen molar-refractivity contribution >= 4 is 0 Å². The molecular weight excluding hydrogens is 238 g/mol. The molecule has 0 bridgehead atoms. The largest absolute Gasteiger partial charge is 0.395 e. The molecule has 3 nitrogen and oxygen atoms in total. The summed E-state index contributed by atoms with van der Waals surface area (Å²) in [6.45, 7) is 6.07. The van der Waals surface area contributed by atoms with Crippen LogP contribution in [0.2, 0.25) is 0 Å². The number of aliphatic hydroxyl groups is 2. The van der Waals surface area contributed by atoms with Gasteiger partial charge >= 0.3 is 0 Å². The van der Waals surface area contributed by atoms with Gasteiger partial charge in [-0.2, -0.15) is 0 Å². The predicted octanol–water partition coefficient (Wildman–Crippen LogP) is 1.62. The minimum Gasteiger partial charge on any atom is -0.395 e. The Morgan fingerprint density at radius 1 is 1.11 bits per heavy atom. The standard InChI is InChI=1S/C16H23NO2/c1-14(2)17(10-12-19)13-16-8-6-15(7-9-16)5-3-4-11-18/h6-9,14,18-19H,4,10-13H2,1-2H3. The first-order valence-corrected chi connectivity index (χ1v) is 6.71. The van der Waals surface area contributed by atoms with Gasteiger partial charge in [-0.25, -0.2) is 0 Å². The first kappa shape index (κ1) is 15.7. The van der Waals surface area contributed by atoms with Crippen LogP contribution in [-0.2, 0) is 6.54 Å². The maximum atomic E-state index is 9.05. The van der Waals surface area contributed by atoms with Crippen LogP contribution in [0.3, 0.4) is 0 Å². The van der Waals surface area contributed by atoms with Gasteiger partial charge in [-0.3, -0.25) is 4.90 Å². The lowest BCUT2D eigenvalue weighted by molar-refractivity contribution is 0.159. The fraction of sp³-hybridized carbons (Fsp3) is 0.500. The molecule has 3 heteroatoms. The smallest absolute Gasteiger partial charge is 0.0558 e. The van der Waals surface area contributed by atoms with Gasteiger partial charge in [0.15, 0.2) is 0 Å². The summed E-state index contributed by atoms with van der Waals surface area (Å²) in [5.41, 5.74) is 2.19. The maximum Gasteiger partial charge on any atom is 0.0558 e. The highest BCUT2D eigenvalue weighted by atomic mass is 16.3. The van der Waals surface area contributed by atoms with E-state index in [0.29, 0.717) is 19.0 Å². The van der Waals surface area contributed by atoms with E-state index in [0.717, 1.165) is 12.1 Å². The second-order valence-electron chi connectivity index (χ2n) is 4.76. The Balaban J connectivity index is 2.63. The Kier molecular flexibility index (Phi) is 7.20. The van der Waals surface area contributed by atoms with Crippen molar-refractivity contribution in [2.45, 2.75) is 32.9 Å². The Labute approximate surface area is 115 Å². The lowest BCUT2D eigenvalue weighted by Crippen LogP contribution is -2.32. The molecule has 0 amide bonds. The summed E-state index contributed by atoms with van der Waals surface area (Å²) >= 11 is 0. The number of aliphatic hydroxyl groups excluding tert-OH is 2. The number of nitrogens with zero attached hydrogens (tertiary/aromatic N) is 1. The van der Waals surface area contributed by atoms with Gasteiger partial charge in [-0.1, -0.05) is 24.0 Å². The van der Waals surface area contributed by atoms with E-state index in [1.807, 2.05) is 12.1 Å². The van der Waals surface area contributed by atoms with Crippen LogP contribution in [0.1, 0.15) is 31.4 Å². The summed E-state index contributed by atoms with van der Waals surface area (Å²) in [6, 6.07) is 8.54. The van der Waals surface area contributed by atoms with Gasteiger partial charge < -0.3 is 10.2 Å². The summed E-state index contributed by atoms with van der Waals surface area (Å²) in [4.78, 5) is 2.23. The fourth-order valence-electron chi connectivity index (χ4n) is 1.80. The average Bonchev–Trinajstić information content (AvgIpc) is 2.40. The van der Waals surface area contributed by atoms with Gasteiger partial charge in [0.2, 0.25) is 0 Å². The molecule has 1 rings (SSSR count). The van der Waals surface area contributed by atoms with Gasteiger partial charge in [0.1, 0.15) is 0 Å². The van der Waals surface area contributed by atoms with Crippen LogP contribution in [-0.4, -0.2) is 40.9 Å². The average molecular weight is 261 g/mol. The van der Waals surface area contributed by atoms with Crippen molar-refractivity contribution in [1.29, 1.82) is 0 Å². The van der Waals surface area contributed by atoms with Gasteiger partial charge in [-0.05, 0) is 31.5 Å². The highest BCUT2D eigenvalue weighted by Crippen LogP contribution is 2.09. The van der Waals surface area contributed by atoms with E-state index in [2.05, 4.69) is 42.7 Å². The summed E-state index contributed by atoms with van der Waals surface area (Å²) in [7, 11) is 0. The quantitative estimate of drug-likeness (QED) is 0.765. The first-order valence-electron chi connectivity index (χ1n) is 6.71. The number of benzene rings is 1. The molecule has 0 aliphatic heterocycles. The lowest BCUT2D eigenvalue weighted by atomic mass is 10.1. The number of hydrogen-bond acceptors (Lipinski definition) is 3. The minimum absolute atomic E-state index is 0.107. The van der Waals surface area contributed by atoms with Crippen LogP contribution < -0.4 is 0 Å². The van der Waals surface area contributed by atoms with Crippen molar-refractivity contribution in [3.8, 4) is 11.8 Å². The van der Waals surface area contributed by atoms with Gasteiger partial charge in [0, 0.05) is 31.1 Å². The predicted molar refractivity (Wildman–Crippen MR) is 77.7 cm³/mol. The van der Waals surface area contributed by atoms with E-state index in [-0.39, 0.29) is 13.2 Å². The molecule has 0 aliphatic carbocycles. The molecule has 0 radical (unpaired) electrons. The second kappa shape index (κ2) is 8.71. The van der Waals surface area contributed by atoms with Crippen molar-refractivity contribution in [1.82, 2.24) is 4.90 Å². The Bertz CT molecular complexity index is 415. The van der Waals surface area contributed by atoms with Crippen LogP contribution in [0.25, 0.3) is 0 Å². The SMILES string of the molecule is CC(C)N(CCO)Cc1ccc(C#CCCO)cc1. The molecule has 0 atom stereocenters. The maximum absolute atomic E-state index is 9.05. The molecule has 0 aromatic heterocycles. The molecule has 2 N–H and O–H groups in total. The van der Waals surface area contributed by atoms with Crippen LogP contribution >= 0.6 is 0 Å². The summed E-state index contributed by atoms with van der Waals surface area (Å²) in [5, 5.41) is 17.7. The molecule has 0 saturated carbocycles. The molecule has 104 valence electrons. The van der Waals surface area contributed by atoms with E-state index in [1.54, 1.807) is 0 Å². The first-order chi connectivity index (χ1) is 9.17. The van der Waals surface area contributed by atoms with Gasteiger partial charge in [0.25, 0.3) is 0 Å². The monoisotopic (exact) mass is 261 g/mol. The Morgan fingerprint density at radius 2 is 1.79 bits per heavy atom. The summed E-state index contributed by atoms with van der Waals surface area (Å²) in [5.74, 6) is 5.92. The van der Waals surface area contributed by atoms with E-state index in [1.165, 1.54) is 5.56 Å². The van der Waals surface area contributed by atoms with Crippen molar-refractivity contribution in [2.24, 2.45) is 0 Å². The topological polar surface area (TPSA) is 43.7 Å². The molecule has 19 heavy (non-hydrogen) atoms. The molecule has 0 fully saturated rings. The molecule has 0 aliphatic rings. The van der Waals surface area contributed by atoms with Crippen LogP contribution in [0.5, 0.6) is 0 Å². The molecule has 1 aromatic rings. The fourth-order valence-corrected chi connectivity index (χ4v) is 1.80. The van der Waals surface area contributed by atoms with E-state index >= 15 is 0 Å². The van der Waals surface area contributed by atoms with Crippen LogP contribution in [0, 0.1) is 11.8 Å². The zero-order chi connectivity index (χ0) is 14.1. The van der Waals surface area contributed by atoms with E-state index in [4.69, 9.17) is 10.2 Å². The lowest BCUT2D eigenvalue weighted by Gasteiger charge is -2.25. The third-order valence-electron chi connectivity index (χ3n) is 2.93. The normalized spacial score (nSPS) is 10.6. The third kappa shape index (κ3) is 5.89. The van der Waals surface area contributed by atoms with Crippen molar-refractivity contribution in [2.75, 3.05) is 19.8 Å². The zero-order valence-corrected chi connectivity index (χ0v) is 11.8. The van der Waals surface area contributed by atoms with E-state index < -0.39 is 0 Å². The van der Waals surface area contributed by atoms with Crippen LogP contribution in [0.15, 0.2) is 24.3 Å². The zero-order valence-electron chi connectivity index (χ0n) is 11.8. The molecule has 0 heterocycles. The van der Waals surface area contributed by atoms with Crippen molar-refractivity contribution < 1.29 is 10.2 Å². The Hall–Kier alpha value is -1.34. The van der Waals surface area contributed by atoms with Gasteiger partial charge in [0.05, 0.1) is 13.2 Å². The van der Waals surface area contributed by atoms with E-state index in [9.17, 15) is 0 Å². The van der Waals surface area contributed by atoms with Gasteiger partial charge in [-0.15, -0.1) is 0 Å². The van der Waals surface area contributed by atoms with Crippen LogP contribution in [0.4, 0.5) is 0 Å². The minimum atomic E-state index is 0.107. The van der Waals surface area contributed by atoms with Crippen molar-refractivity contribution in [3.63, 3.8) is 0 Å². The summed E-state index contributed by atoms with van der Waals surface area (Å²) in [6.07, 6.45) is 0.513. The molecule has 0 saturated heterocycles. The number of rotatable bonds is 6. The molecule has 0 spiro atoms. The molecule has 0 unspecified atom stereocenters. The highest BCUT2D eigenvalue weighted by Gasteiger charge is 2.08. The molecule has 1 aromatic carbocycles. The summed E-state index contributed by atoms with van der Waals surface area (Å²) < 4.78 is 0. The molecular formula is C16H23NO2. The highest BCUT2D eigenvalue weighted by molar-refractivity contribution is 5.36. The Morgan fingerprint density at radius 3 is 2.32 bits per heavy atom. The number of hydrogen-bond donors (Lipinski definition) is 2.